The summed E-state index contributed by atoms with van der Waals surface area (Å²) in [5.74, 6) is 0. The molecule has 1 saturated heterocycles. The first-order chi connectivity index (χ1) is 10.2. The van der Waals surface area contributed by atoms with Crippen LogP contribution in [0, 0.1) is 0 Å². The lowest BCUT2D eigenvalue weighted by molar-refractivity contribution is -1.01. The summed E-state index contributed by atoms with van der Waals surface area (Å²) in [5, 5.41) is 10.8. The van der Waals surface area contributed by atoms with Gasteiger partial charge in [0.25, 0.3) is 0 Å². The Bertz CT molecular complexity index is 405. The topological polar surface area (TPSA) is 38.3 Å². The van der Waals surface area contributed by atoms with E-state index in [9.17, 15) is 5.11 Å². The maximum absolute atomic E-state index is 10.1. The number of quaternary nitrogens is 2. The summed E-state index contributed by atoms with van der Waals surface area (Å²) in [7, 11) is 0. The summed E-state index contributed by atoms with van der Waals surface area (Å²) < 4.78 is 5.59. The smallest absolute Gasteiger partial charge is 0.127 e. The van der Waals surface area contributed by atoms with Crippen molar-refractivity contribution in [3.8, 4) is 0 Å². The van der Waals surface area contributed by atoms with E-state index in [0.29, 0.717) is 13.2 Å². The SMILES string of the molecule is CC[NH+]1CC[NH+](C[C@@H](O)COCc2ccc(Cl)cc2)CC1. The van der Waals surface area contributed by atoms with Crippen molar-refractivity contribution in [3.05, 3.63) is 34.9 Å². The maximum atomic E-state index is 10.1. The van der Waals surface area contributed by atoms with Gasteiger partial charge < -0.3 is 19.6 Å². The van der Waals surface area contributed by atoms with Crippen LogP contribution in [0.15, 0.2) is 24.3 Å². The molecule has 0 radical (unpaired) electrons. The van der Waals surface area contributed by atoms with Crippen molar-refractivity contribution in [1.29, 1.82) is 0 Å². The molecule has 21 heavy (non-hydrogen) atoms. The molecule has 4 nitrogen and oxygen atoms in total. The van der Waals surface area contributed by atoms with E-state index in [-0.39, 0.29) is 6.10 Å². The molecule has 1 aromatic rings. The van der Waals surface area contributed by atoms with Crippen LogP contribution >= 0.6 is 11.6 Å². The Balaban J connectivity index is 1.61. The van der Waals surface area contributed by atoms with Gasteiger partial charge in [0.2, 0.25) is 0 Å². The Morgan fingerprint density at radius 1 is 1.14 bits per heavy atom. The molecule has 0 spiro atoms. The highest BCUT2D eigenvalue weighted by Gasteiger charge is 2.23. The van der Waals surface area contributed by atoms with Gasteiger partial charge in [-0.25, -0.2) is 0 Å². The van der Waals surface area contributed by atoms with Gasteiger partial charge >= 0.3 is 0 Å². The van der Waals surface area contributed by atoms with E-state index in [4.69, 9.17) is 16.3 Å². The molecular formula is C16H27ClN2O2+2. The van der Waals surface area contributed by atoms with Crippen molar-refractivity contribution in [2.24, 2.45) is 0 Å². The summed E-state index contributed by atoms with van der Waals surface area (Å²) >= 11 is 5.84. The number of benzene rings is 1. The number of ether oxygens (including phenoxy) is 1. The highest BCUT2D eigenvalue weighted by atomic mass is 35.5. The van der Waals surface area contributed by atoms with Crippen LogP contribution in [0.25, 0.3) is 0 Å². The van der Waals surface area contributed by atoms with Gasteiger partial charge in [0, 0.05) is 5.02 Å². The van der Waals surface area contributed by atoms with Gasteiger partial charge in [-0.15, -0.1) is 0 Å². The van der Waals surface area contributed by atoms with E-state index in [2.05, 4.69) is 6.92 Å². The normalized spacial score (nSPS) is 24.0. The van der Waals surface area contributed by atoms with Crippen LogP contribution in [0.2, 0.25) is 5.02 Å². The van der Waals surface area contributed by atoms with Crippen molar-refractivity contribution >= 4 is 11.6 Å². The third-order valence-corrected chi connectivity index (χ3v) is 4.43. The Hall–Kier alpha value is -0.650. The first-order valence-corrected chi connectivity index (χ1v) is 8.22. The maximum Gasteiger partial charge on any atom is 0.127 e. The van der Waals surface area contributed by atoms with Crippen LogP contribution in [0.4, 0.5) is 0 Å². The number of aliphatic hydroxyl groups excluding tert-OH is 1. The summed E-state index contributed by atoms with van der Waals surface area (Å²) in [5.41, 5.74) is 1.08. The van der Waals surface area contributed by atoms with Gasteiger partial charge in [0.15, 0.2) is 0 Å². The highest BCUT2D eigenvalue weighted by molar-refractivity contribution is 6.30. The van der Waals surface area contributed by atoms with Gasteiger partial charge in [-0.05, 0) is 24.6 Å². The first kappa shape index (κ1) is 16.7. The van der Waals surface area contributed by atoms with Crippen LogP contribution in [-0.2, 0) is 11.3 Å². The minimum absolute atomic E-state index is 0.379. The lowest BCUT2D eigenvalue weighted by atomic mass is 10.2. The zero-order valence-corrected chi connectivity index (χ0v) is 13.5. The average molecular weight is 315 g/mol. The van der Waals surface area contributed by atoms with Gasteiger partial charge in [-0.3, -0.25) is 0 Å². The third-order valence-electron chi connectivity index (χ3n) is 4.18. The monoisotopic (exact) mass is 314 g/mol. The van der Waals surface area contributed by atoms with Crippen LogP contribution in [0.3, 0.4) is 0 Å². The van der Waals surface area contributed by atoms with Crippen LogP contribution in [0.1, 0.15) is 12.5 Å². The van der Waals surface area contributed by atoms with Gasteiger partial charge in [0.05, 0.1) is 19.8 Å². The summed E-state index contributed by atoms with van der Waals surface area (Å²) in [6, 6.07) is 7.62. The van der Waals surface area contributed by atoms with E-state index >= 15 is 0 Å². The van der Waals surface area contributed by atoms with Crippen LogP contribution in [0.5, 0.6) is 0 Å². The molecule has 0 saturated carbocycles. The van der Waals surface area contributed by atoms with Gasteiger partial charge in [0.1, 0.15) is 38.8 Å². The third kappa shape index (κ3) is 5.93. The molecule has 3 N–H and O–H groups in total. The first-order valence-electron chi connectivity index (χ1n) is 7.84. The molecule has 1 heterocycles. The largest absolute Gasteiger partial charge is 0.385 e. The lowest BCUT2D eigenvalue weighted by Crippen LogP contribution is -3.28. The van der Waals surface area contributed by atoms with Crippen LogP contribution < -0.4 is 9.80 Å². The Labute approximate surface area is 132 Å². The zero-order chi connectivity index (χ0) is 15.1. The molecule has 0 aliphatic carbocycles. The molecule has 118 valence electrons. The molecule has 1 aliphatic heterocycles. The molecule has 1 atom stereocenters. The van der Waals surface area contributed by atoms with Crippen molar-refractivity contribution in [3.63, 3.8) is 0 Å². The van der Waals surface area contributed by atoms with Gasteiger partial charge in [-0.1, -0.05) is 23.7 Å². The van der Waals surface area contributed by atoms with E-state index in [1.165, 1.54) is 24.5 Å². The van der Waals surface area contributed by atoms with Gasteiger partial charge in [-0.2, -0.15) is 0 Å². The minimum atomic E-state index is -0.379. The molecule has 2 rings (SSSR count). The average Bonchev–Trinajstić information content (AvgIpc) is 2.50. The molecule has 0 aromatic heterocycles. The predicted molar refractivity (Wildman–Crippen MR) is 83.9 cm³/mol. The van der Waals surface area contributed by atoms with Crippen LogP contribution in [-0.4, -0.2) is 57.1 Å². The van der Waals surface area contributed by atoms with Crippen molar-refractivity contribution < 1.29 is 19.6 Å². The molecule has 0 bridgehead atoms. The highest BCUT2D eigenvalue weighted by Crippen LogP contribution is 2.10. The summed E-state index contributed by atoms with van der Waals surface area (Å²) in [4.78, 5) is 3.17. The number of aliphatic hydroxyl groups is 1. The fourth-order valence-electron chi connectivity index (χ4n) is 2.80. The molecule has 1 aromatic carbocycles. The molecule has 1 fully saturated rings. The second kappa shape index (κ2) is 8.71. The fraction of sp³-hybridized carbons (Fsp3) is 0.625. The Morgan fingerprint density at radius 3 is 2.38 bits per heavy atom. The lowest BCUT2D eigenvalue weighted by Gasteiger charge is -2.30. The standard InChI is InChI=1S/C16H25ClN2O2/c1-2-18-7-9-19(10-8-18)11-16(20)13-21-12-14-3-5-15(17)6-4-14/h3-6,16,20H,2,7-13H2,1H3/p+2/t16-/m1/s1. The van der Waals surface area contributed by atoms with E-state index < -0.39 is 0 Å². The number of rotatable bonds is 7. The van der Waals surface area contributed by atoms with E-state index in [1.807, 2.05) is 24.3 Å². The number of hydrogen-bond acceptors (Lipinski definition) is 2. The molecule has 0 amide bonds. The zero-order valence-electron chi connectivity index (χ0n) is 12.8. The Morgan fingerprint density at radius 2 is 1.76 bits per heavy atom. The summed E-state index contributed by atoms with van der Waals surface area (Å²) in [6.07, 6.45) is -0.379. The number of halogens is 1. The number of nitrogens with one attached hydrogen (secondary N) is 2. The molecule has 1 aliphatic rings. The second-order valence-corrected chi connectivity index (χ2v) is 6.29. The number of likely N-dealkylation sites (N-methyl/N-ethyl adjacent to an activating group) is 1. The predicted octanol–water partition coefficient (Wildman–Crippen LogP) is -0.979. The number of piperazine rings is 1. The van der Waals surface area contributed by atoms with Crippen molar-refractivity contribution in [1.82, 2.24) is 0 Å². The molecule has 0 unspecified atom stereocenters. The number of hydrogen-bond donors (Lipinski definition) is 3. The second-order valence-electron chi connectivity index (χ2n) is 5.85. The van der Waals surface area contributed by atoms with E-state index in [0.717, 1.165) is 30.2 Å². The Kier molecular flexibility index (Phi) is 6.93. The fourth-order valence-corrected chi connectivity index (χ4v) is 2.93. The van der Waals surface area contributed by atoms with Crippen molar-refractivity contribution in [2.75, 3.05) is 45.9 Å². The minimum Gasteiger partial charge on any atom is -0.385 e. The molecular weight excluding hydrogens is 288 g/mol. The molecule has 5 heteroatoms. The van der Waals surface area contributed by atoms with Crippen molar-refractivity contribution in [2.45, 2.75) is 19.6 Å². The summed E-state index contributed by atoms with van der Waals surface area (Å²) in [6.45, 7) is 9.88. The quantitative estimate of drug-likeness (QED) is 0.605. The van der Waals surface area contributed by atoms with E-state index in [1.54, 1.807) is 4.90 Å².